The summed E-state index contributed by atoms with van der Waals surface area (Å²) in [5.41, 5.74) is 1.67. The van der Waals surface area contributed by atoms with Crippen molar-refractivity contribution in [2.24, 2.45) is 5.92 Å². The molecule has 2 amide bonds. The highest BCUT2D eigenvalue weighted by Crippen LogP contribution is 2.27. The van der Waals surface area contributed by atoms with E-state index in [-0.39, 0.29) is 29.8 Å². The third-order valence-corrected chi connectivity index (χ3v) is 7.24. The summed E-state index contributed by atoms with van der Waals surface area (Å²) >= 11 is 0. The first-order valence-electron chi connectivity index (χ1n) is 13.7. The quantitative estimate of drug-likeness (QED) is 0.280. The number of pyridine rings is 1. The Kier molecular flexibility index (Phi) is 8.82. The number of nitrogens with zero attached hydrogens (tertiary/aromatic N) is 4. The Bertz CT molecular complexity index is 1530. The minimum absolute atomic E-state index is 0.00336. The van der Waals surface area contributed by atoms with Crippen LogP contribution in [-0.2, 0) is 16.1 Å². The summed E-state index contributed by atoms with van der Waals surface area (Å²) < 4.78 is 11.7. The monoisotopic (exact) mass is 556 g/mol. The molecule has 41 heavy (non-hydrogen) atoms. The number of anilines is 1. The Morgan fingerprint density at radius 2 is 1.78 bits per heavy atom. The first-order chi connectivity index (χ1) is 20.0. The number of hydrogen-bond donors (Lipinski definition) is 2. The SMILES string of the molecule is COC(=O)COc1ccc(NC(=O)c2ccc(Cn3ccnn3)c3ccccc23)c(C(=O)NCC2CCCCC2)n1. The molecule has 1 fully saturated rings. The zero-order valence-corrected chi connectivity index (χ0v) is 22.8. The molecule has 0 radical (unpaired) electrons. The third-order valence-electron chi connectivity index (χ3n) is 7.24. The molecule has 0 saturated heterocycles. The number of nitrogens with one attached hydrogen (secondary N) is 2. The zero-order valence-electron chi connectivity index (χ0n) is 22.8. The van der Waals surface area contributed by atoms with Gasteiger partial charge in [-0.15, -0.1) is 5.10 Å². The number of fused-ring (bicyclic) bond motifs is 1. The maximum Gasteiger partial charge on any atom is 0.343 e. The van der Waals surface area contributed by atoms with E-state index in [0.29, 0.717) is 24.6 Å². The summed E-state index contributed by atoms with van der Waals surface area (Å²) in [6, 6.07) is 14.3. The highest BCUT2D eigenvalue weighted by molar-refractivity contribution is 6.15. The first-order valence-corrected chi connectivity index (χ1v) is 13.7. The number of amides is 2. The topological polar surface area (TPSA) is 137 Å². The molecule has 0 aliphatic heterocycles. The van der Waals surface area contributed by atoms with Crippen LogP contribution in [0.3, 0.4) is 0 Å². The van der Waals surface area contributed by atoms with Crippen LogP contribution in [0.4, 0.5) is 5.69 Å². The van der Waals surface area contributed by atoms with Crippen LogP contribution in [0.15, 0.2) is 60.9 Å². The van der Waals surface area contributed by atoms with Crippen molar-refractivity contribution in [3.05, 3.63) is 77.7 Å². The minimum Gasteiger partial charge on any atom is -0.466 e. The van der Waals surface area contributed by atoms with Crippen molar-refractivity contribution in [2.75, 3.05) is 25.6 Å². The number of rotatable bonds is 10. The van der Waals surface area contributed by atoms with Gasteiger partial charge < -0.3 is 20.1 Å². The fourth-order valence-electron chi connectivity index (χ4n) is 5.08. The van der Waals surface area contributed by atoms with Gasteiger partial charge >= 0.3 is 5.97 Å². The Hall–Kier alpha value is -4.80. The fourth-order valence-corrected chi connectivity index (χ4v) is 5.08. The second-order valence-corrected chi connectivity index (χ2v) is 10.00. The molecule has 1 aliphatic rings. The Morgan fingerprint density at radius 3 is 2.54 bits per heavy atom. The molecule has 2 aromatic carbocycles. The molecule has 1 aliphatic carbocycles. The molecule has 11 heteroatoms. The van der Waals surface area contributed by atoms with Gasteiger partial charge in [-0.05, 0) is 47.2 Å². The van der Waals surface area contributed by atoms with Crippen molar-refractivity contribution < 1.29 is 23.9 Å². The first kappa shape index (κ1) is 27.8. The molecule has 0 spiro atoms. The Balaban J connectivity index is 1.40. The molecule has 212 valence electrons. The molecule has 0 atom stereocenters. The lowest BCUT2D eigenvalue weighted by atomic mass is 9.89. The van der Waals surface area contributed by atoms with Crippen LogP contribution in [0.2, 0.25) is 0 Å². The highest BCUT2D eigenvalue weighted by atomic mass is 16.6. The number of esters is 1. The van der Waals surface area contributed by atoms with Crippen molar-refractivity contribution in [1.29, 1.82) is 0 Å². The minimum atomic E-state index is -0.577. The maximum atomic E-state index is 13.6. The van der Waals surface area contributed by atoms with E-state index in [0.717, 1.165) is 42.0 Å². The van der Waals surface area contributed by atoms with Gasteiger partial charge in [0.25, 0.3) is 11.8 Å². The molecule has 11 nitrogen and oxygen atoms in total. The van der Waals surface area contributed by atoms with E-state index in [2.05, 4.69) is 30.7 Å². The predicted octanol–water partition coefficient (Wildman–Crippen LogP) is 3.99. The van der Waals surface area contributed by atoms with E-state index < -0.39 is 11.9 Å². The van der Waals surface area contributed by atoms with Gasteiger partial charge in [0.2, 0.25) is 5.88 Å². The van der Waals surface area contributed by atoms with Crippen LogP contribution in [-0.4, -0.2) is 58.0 Å². The van der Waals surface area contributed by atoms with Crippen molar-refractivity contribution >= 4 is 34.2 Å². The van der Waals surface area contributed by atoms with Gasteiger partial charge in [-0.25, -0.2) is 14.5 Å². The number of ether oxygens (including phenoxy) is 2. The molecular formula is C30H32N6O5. The van der Waals surface area contributed by atoms with Crippen LogP contribution in [0, 0.1) is 5.92 Å². The van der Waals surface area contributed by atoms with E-state index in [4.69, 9.17) is 4.74 Å². The van der Waals surface area contributed by atoms with Crippen LogP contribution in [0.25, 0.3) is 10.8 Å². The zero-order chi connectivity index (χ0) is 28.6. The summed E-state index contributed by atoms with van der Waals surface area (Å²) in [5, 5.41) is 15.4. The largest absolute Gasteiger partial charge is 0.466 e. The summed E-state index contributed by atoms with van der Waals surface area (Å²) in [4.78, 5) is 42.8. The lowest BCUT2D eigenvalue weighted by molar-refractivity contribution is -0.143. The van der Waals surface area contributed by atoms with Gasteiger partial charge in [0.15, 0.2) is 12.3 Å². The Labute approximate surface area is 237 Å². The lowest BCUT2D eigenvalue weighted by Crippen LogP contribution is -2.32. The predicted molar refractivity (Wildman–Crippen MR) is 152 cm³/mol. The number of aromatic nitrogens is 4. The van der Waals surface area contributed by atoms with Gasteiger partial charge in [-0.3, -0.25) is 9.59 Å². The van der Waals surface area contributed by atoms with E-state index >= 15 is 0 Å². The third kappa shape index (κ3) is 6.86. The van der Waals surface area contributed by atoms with Gasteiger partial charge in [0.05, 0.1) is 25.5 Å². The standard InChI is InChI=1S/C30H32N6O5/c1-40-27(37)19-41-26-14-13-25(28(34-26)30(39)31-17-20-7-3-2-4-8-20)33-29(38)24-12-11-21(18-36-16-15-32-35-36)22-9-5-6-10-23(22)24/h5-6,9-16,20H,2-4,7-8,17-19H2,1H3,(H,31,39)(H,33,38). The summed E-state index contributed by atoms with van der Waals surface area (Å²) in [6.45, 7) is 0.676. The van der Waals surface area contributed by atoms with Gasteiger partial charge in [-0.1, -0.05) is 54.8 Å². The van der Waals surface area contributed by atoms with Crippen LogP contribution < -0.4 is 15.4 Å². The number of hydrogen-bond acceptors (Lipinski definition) is 8. The van der Waals surface area contributed by atoms with E-state index in [9.17, 15) is 14.4 Å². The maximum absolute atomic E-state index is 13.6. The molecular weight excluding hydrogens is 524 g/mol. The average Bonchev–Trinajstić information content (AvgIpc) is 3.53. The Morgan fingerprint density at radius 1 is 0.976 bits per heavy atom. The van der Waals surface area contributed by atoms with Crippen LogP contribution in [0.5, 0.6) is 5.88 Å². The van der Waals surface area contributed by atoms with Crippen LogP contribution in [0.1, 0.15) is 58.5 Å². The van der Waals surface area contributed by atoms with Crippen LogP contribution >= 0.6 is 0 Å². The van der Waals surface area contributed by atoms with Crippen molar-refractivity contribution in [2.45, 2.75) is 38.6 Å². The average molecular weight is 557 g/mol. The number of benzene rings is 2. The molecule has 5 rings (SSSR count). The summed E-state index contributed by atoms with van der Waals surface area (Å²) in [5.74, 6) is -0.917. The number of carbonyl (C=O) groups is 3. The fraction of sp³-hybridized carbons (Fsp3) is 0.333. The van der Waals surface area contributed by atoms with Gasteiger partial charge in [0.1, 0.15) is 0 Å². The summed E-state index contributed by atoms with van der Waals surface area (Å²) in [7, 11) is 1.26. The lowest BCUT2D eigenvalue weighted by Gasteiger charge is -2.22. The second kappa shape index (κ2) is 13.0. The molecule has 2 heterocycles. The molecule has 1 saturated carbocycles. The van der Waals surface area contributed by atoms with Gasteiger partial charge in [0, 0.05) is 24.4 Å². The normalized spacial score (nSPS) is 13.5. The highest BCUT2D eigenvalue weighted by Gasteiger charge is 2.21. The smallest absolute Gasteiger partial charge is 0.343 e. The molecule has 2 N–H and O–H groups in total. The van der Waals surface area contributed by atoms with Crippen molar-refractivity contribution in [3.8, 4) is 5.88 Å². The molecule has 4 aromatic rings. The summed E-state index contributed by atoms with van der Waals surface area (Å²) in [6.07, 6.45) is 9.07. The van der Waals surface area contributed by atoms with E-state index in [1.54, 1.807) is 29.2 Å². The van der Waals surface area contributed by atoms with E-state index in [1.807, 2.05) is 30.3 Å². The molecule has 0 unspecified atom stereocenters. The number of methoxy groups -OCH3 is 1. The van der Waals surface area contributed by atoms with Gasteiger partial charge in [-0.2, -0.15) is 0 Å². The van der Waals surface area contributed by atoms with Crippen molar-refractivity contribution in [1.82, 2.24) is 25.3 Å². The van der Waals surface area contributed by atoms with E-state index in [1.165, 1.54) is 19.6 Å². The second-order valence-electron chi connectivity index (χ2n) is 10.00. The number of carbonyl (C=O) groups excluding carboxylic acids is 3. The molecule has 2 aromatic heterocycles. The molecule has 0 bridgehead atoms. The van der Waals surface area contributed by atoms with Crippen molar-refractivity contribution in [3.63, 3.8) is 0 Å².